The maximum atomic E-state index is 11.6. The summed E-state index contributed by atoms with van der Waals surface area (Å²) in [5.74, 6) is 0.272. The summed E-state index contributed by atoms with van der Waals surface area (Å²) in [6, 6.07) is 9.81. The number of benzene rings is 1. The molecule has 0 saturated heterocycles. The summed E-state index contributed by atoms with van der Waals surface area (Å²) in [5.41, 5.74) is 6.57. The highest BCUT2D eigenvalue weighted by molar-refractivity contribution is 5.93. The fourth-order valence-corrected chi connectivity index (χ4v) is 1.64. The van der Waals surface area contributed by atoms with Crippen molar-refractivity contribution in [3.05, 3.63) is 30.3 Å². The van der Waals surface area contributed by atoms with Gasteiger partial charge in [0.15, 0.2) is 5.96 Å². The number of nitrogens with one attached hydrogen (secondary N) is 1. The van der Waals surface area contributed by atoms with E-state index in [1.54, 1.807) is 0 Å². The lowest BCUT2D eigenvalue weighted by molar-refractivity contribution is -0.114. The lowest BCUT2D eigenvalue weighted by atomic mass is 10.3. The van der Waals surface area contributed by atoms with Gasteiger partial charge in [0, 0.05) is 18.8 Å². The van der Waals surface area contributed by atoms with Crippen molar-refractivity contribution in [2.75, 3.05) is 18.9 Å². The van der Waals surface area contributed by atoms with Crippen molar-refractivity contribution >= 4 is 17.6 Å². The summed E-state index contributed by atoms with van der Waals surface area (Å²) < 4.78 is 0. The first kappa shape index (κ1) is 12.4. The largest absolute Gasteiger partial charge is 0.370 e. The Bertz CT molecular complexity index is 440. The molecule has 18 heavy (non-hydrogen) atoms. The average Bonchev–Trinajstić information content (AvgIpc) is 3.20. The van der Waals surface area contributed by atoms with Crippen molar-refractivity contribution in [3.63, 3.8) is 0 Å². The first-order valence-electron chi connectivity index (χ1n) is 6.04. The maximum absolute atomic E-state index is 11.6. The Morgan fingerprint density at radius 2 is 2.11 bits per heavy atom. The Labute approximate surface area is 107 Å². The van der Waals surface area contributed by atoms with Gasteiger partial charge in [0.2, 0.25) is 5.91 Å². The van der Waals surface area contributed by atoms with Crippen molar-refractivity contribution in [2.24, 2.45) is 10.7 Å². The van der Waals surface area contributed by atoms with Gasteiger partial charge in [0.25, 0.3) is 0 Å². The molecule has 1 saturated carbocycles. The second-order valence-corrected chi connectivity index (χ2v) is 4.43. The molecule has 0 bridgehead atoms. The van der Waals surface area contributed by atoms with Crippen molar-refractivity contribution in [1.29, 1.82) is 0 Å². The molecule has 1 fully saturated rings. The van der Waals surface area contributed by atoms with Crippen molar-refractivity contribution < 1.29 is 4.79 Å². The zero-order valence-electron chi connectivity index (χ0n) is 10.5. The number of rotatable bonds is 4. The van der Waals surface area contributed by atoms with Gasteiger partial charge in [-0.2, -0.15) is 0 Å². The monoisotopic (exact) mass is 246 g/mol. The number of nitrogens with zero attached hydrogens (tertiary/aromatic N) is 2. The van der Waals surface area contributed by atoms with Crippen LogP contribution in [0.3, 0.4) is 0 Å². The van der Waals surface area contributed by atoms with Crippen molar-refractivity contribution in [1.82, 2.24) is 4.90 Å². The number of anilines is 1. The third kappa shape index (κ3) is 3.48. The first-order valence-corrected chi connectivity index (χ1v) is 6.04. The van der Waals surface area contributed by atoms with E-state index in [1.165, 1.54) is 0 Å². The van der Waals surface area contributed by atoms with E-state index in [1.807, 2.05) is 42.3 Å². The van der Waals surface area contributed by atoms with Crippen LogP contribution < -0.4 is 11.1 Å². The molecule has 2 rings (SSSR count). The van der Waals surface area contributed by atoms with Gasteiger partial charge in [-0.05, 0) is 25.0 Å². The van der Waals surface area contributed by atoms with Crippen LogP contribution in [0, 0.1) is 0 Å². The Hall–Kier alpha value is -2.04. The Kier molecular flexibility index (Phi) is 3.82. The van der Waals surface area contributed by atoms with Crippen LogP contribution in [0.1, 0.15) is 12.8 Å². The van der Waals surface area contributed by atoms with Crippen molar-refractivity contribution in [3.8, 4) is 0 Å². The highest BCUT2D eigenvalue weighted by Crippen LogP contribution is 2.24. The predicted molar refractivity (Wildman–Crippen MR) is 72.3 cm³/mol. The molecule has 5 nitrogen and oxygen atoms in total. The summed E-state index contributed by atoms with van der Waals surface area (Å²) in [6.45, 7) is 0.0534. The SMILES string of the molecule is CN(C(N)=NCC(=O)Nc1ccccc1)C1CC1. The molecule has 5 heteroatoms. The van der Waals surface area contributed by atoms with Crippen LogP contribution in [0.15, 0.2) is 35.3 Å². The minimum Gasteiger partial charge on any atom is -0.370 e. The molecule has 0 radical (unpaired) electrons. The van der Waals surface area contributed by atoms with Gasteiger partial charge in [-0.3, -0.25) is 4.79 Å². The standard InChI is InChI=1S/C13H18N4O/c1-17(11-7-8-11)13(14)15-9-12(18)16-10-5-3-2-4-6-10/h2-6,11H,7-9H2,1H3,(H2,14,15)(H,16,18). The third-order valence-electron chi connectivity index (χ3n) is 2.90. The number of aliphatic imine (C=N–C) groups is 1. The van der Waals surface area contributed by atoms with Crippen molar-refractivity contribution in [2.45, 2.75) is 18.9 Å². The number of hydrogen-bond acceptors (Lipinski definition) is 2. The summed E-state index contributed by atoms with van der Waals surface area (Å²) in [5, 5.41) is 2.76. The number of hydrogen-bond donors (Lipinski definition) is 2. The van der Waals surface area contributed by atoms with E-state index >= 15 is 0 Å². The molecule has 1 aromatic carbocycles. The van der Waals surface area contributed by atoms with E-state index in [-0.39, 0.29) is 12.5 Å². The van der Waals surface area contributed by atoms with Gasteiger partial charge in [-0.25, -0.2) is 4.99 Å². The molecule has 0 heterocycles. The molecule has 0 spiro atoms. The average molecular weight is 246 g/mol. The molecule has 0 aromatic heterocycles. The van der Waals surface area contributed by atoms with Gasteiger partial charge in [0.1, 0.15) is 6.54 Å². The number of amides is 1. The molecule has 1 amide bonds. The molecule has 96 valence electrons. The number of para-hydroxylation sites is 1. The van der Waals surface area contributed by atoms with E-state index in [9.17, 15) is 4.79 Å². The third-order valence-corrected chi connectivity index (χ3v) is 2.90. The van der Waals surface area contributed by atoms with Crippen LogP contribution in [0.2, 0.25) is 0 Å². The molecular formula is C13H18N4O. The topological polar surface area (TPSA) is 70.7 Å². The normalized spacial score (nSPS) is 15.3. The molecule has 1 aromatic rings. The van der Waals surface area contributed by atoms with Gasteiger partial charge in [0.05, 0.1) is 0 Å². The van der Waals surface area contributed by atoms with Crippen LogP contribution in [-0.2, 0) is 4.79 Å². The van der Waals surface area contributed by atoms with E-state index in [0.717, 1.165) is 18.5 Å². The predicted octanol–water partition coefficient (Wildman–Crippen LogP) is 1.03. The molecule has 0 unspecified atom stereocenters. The van der Waals surface area contributed by atoms with Gasteiger partial charge < -0.3 is 16.0 Å². The molecule has 3 N–H and O–H groups in total. The van der Waals surface area contributed by atoms with E-state index in [4.69, 9.17) is 5.73 Å². The zero-order chi connectivity index (χ0) is 13.0. The Morgan fingerprint density at radius 1 is 1.44 bits per heavy atom. The van der Waals surface area contributed by atoms with Gasteiger partial charge in [-0.15, -0.1) is 0 Å². The summed E-state index contributed by atoms with van der Waals surface area (Å²) in [4.78, 5) is 17.6. The quantitative estimate of drug-likeness (QED) is 0.616. The summed E-state index contributed by atoms with van der Waals surface area (Å²) in [6.07, 6.45) is 2.31. The molecular weight excluding hydrogens is 228 g/mol. The number of nitrogens with two attached hydrogens (primary N) is 1. The fraction of sp³-hybridized carbons (Fsp3) is 0.385. The number of carbonyl (C=O) groups excluding carboxylic acids is 1. The first-order chi connectivity index (χ1) is 8.66. The fourth-order valence-electron chi connectivity index (χ4n) is 1.64. The molecule has 0 aliphatic heterocycles. The highest BCUT2D eigenvalue weighted by atomic mass is 16.1. The second kappa shape index (κ2) is 5.53. The highest BCUT2D eigenvalue weighted by Gasteiger charge is 2.27. The van der Waals surface area contributed by atoms with E-state index < -0.39 is 0 Å². The summed E-state index contributed by atoms with van der Waals surface area (Å²) in [7, 11) is 1.91. The Morgan fingerprint density at radius 3 is 2.72 bits per heavy atom. The van der Waals surface area contributed by atoms with Crippen LogP contribution in [0.5, 0.6) is 0 Å². The van der Waals surface area contributed by atoms with Crippen LogP contribution in [0.25, 0.3) is 0 Å². The van der Waals surface area contributed by atoms with Gasteiger partial charge >= 0.3 is 0 Å². The van der Waals surface area contributed by atoms with Gasteiger partial charge in [-0.1, -0.05) is 18.2 Å². The smallest absolute Gasteiger partial charge is 0.246 e. The van der Waals surface area contributed by atoms with Crippen LogP contribution >= 0.6 is 0 Å². The number of guanidine groups is 1. The molecule has 1 aliphatic carbocycles. The molecule has 0 atom stereocenters. The second-order valence-electron chi connectivity index (χ2n) is 4.43. The van der Waals surface area contributed by atoms with Crippen LogP contribution in [0.4, 0.5) is 5.69 Å². The van der Waals surface area contributed by atoms with E-state index in [2.05, 4.69) is 10.3 Å². The summed E-state index contributed by atoms with van der Waals surface area (Å²) >= 11 is 0. The lowest BCUT2D eigenvalue weighted by Gasteiger charge is -2.16. The van der Waals surface area contributed by atoms with Crippen LogP contribution in [-0.4, -0.2) is 36.4 Å². The minimum atomic E-state index is -0.159. The van der Waals surface area contributed by atoms with E-state index in [0.29, 0.717) is 12.0 Å². The maximum Gasteiger partial charge on any atom is 0.246 e. The zero-order valence-corrected chi connectivity index (χ0v) is 10.5. The minimum absolute atomic E-state index is 0.0534. The number of carbonyl (C=O) groups is 1. The molecule has 1 aliphatic rings. The Balaban J connectivity index is 1.82. The lowest BCUT2D eigenvalue weighted by Crippen LogP contribution is -2.36.